The number of nitrogens with one attached hydrogen (secondary N) is 1. The fourth-order valence-corrected chi connectivity index (χ4v) is 4.76. The molecule has 2 aromatic carbocycles. The molecule has 3 rings (SSSR count). The van der Waals surface area contributed by atoms with Crippen LogP contribution >= 0.6 is 0 Å². The fraction of sp³-hybridized carbons (Fsp3) is 0.500. The van der Waals surface area contributed by atoms with Crippen molar-refractivity contribution in [2.24, 2.45) is 0 Å². The number of hydrogen-bond acceptors (Lipinski definition) is 4. The summed E-state index contributed by atoms with van der Waals surface area (Å²) in [5.41, 5.74) is 3.29. The highest BCUT2D eigenvalue weighted by Crippen LogP contribution is 2.20. The van der Waals surface area contributed by atoms with Gasteiger partial charge in [-0.25, -0.2) is 0 Å². The van der Waals surface area contributed by atoms with Crippen molar-refractivity contribution in [3.8, 4) is 5.75 Å². The smallest absolute Gasteiger partial charge is 0.242 e. The number of benzene rings is 2. The van der Waals surface area contributed by atoms with Crippen molar-refractivity contribution in [3.05, 3.63) is 65.9 Å². The van der Waals surface area contributed by atoms with Crippen molar-refractivity contribution in [1.82, 2.24) is 14.8 Å². The number of aromatic amines is 1. The molecule has 0 unspecified atom stereocenters. The SMILES string of the molecule is CCCCCCCC(=O)N(CCOC)CC(=O)N(CCc1c[nH]c2ccccc12)Cc1ccc(OCC)cc1. The number of carbonyl (C=O) groups is 2. The largest absolute Gasteiger partial charge is 0.494 e. The number of methoxy groups -OCH3 is 1. The lowest BCUT2D eigenvalue weighted by Gasteiger charge is -2.28. The number of unbranched alkanes of at least 4 members (excludes halogenated alkanes) is 4. The Morgan fingerprint density at radius 1 is 0.872 bits per heavy atom. The molecule has 1 N–H and O–H groups in total. The number of carbonyl (C=O) groups excluding carboxylic acids is 2. The van der Waals surface area contributed by atoms with Gasteiger partial charge in [0, 0.05) is 50.3 Å². The standard InChI is InChI=1S/C32H45N3O4/c1-4-6-7-8-9-14-31(36)35(21-22-38-3)25-32(37)34(24-26-15-17-28(18-16-26)39-5-2)20-19-27-23-33-30-13-11-10-12-29(27)30/h10-13,15-18,23,33H,4-9,14,19-22,24-25H2,1-3H3. The molecule has 3 aromatic rings. The first-order chi connectivity index (χ1) is 19.0. The van der Waals surface area contributed by atoms with Crippen LogP contribution < -0.4 is 4.74 Å². The first-order valence-corrected chi connectivity index (χ1v) is 14.4. The summed E-state index contributed by atoms with van der Waals surface area (Å²) < 4.78 is 10.8. The first-order valence-electron chi connectivity index (χ1n) is 14.4. The van der Waals surface area contributed by atoms with Crippen molar-refractivity contribution in [1.29, 1.82) is 0 Å². The molecular weight excluding hydrogens is 490 g/mol. The monoisotopic (exact) mass is 535 g/mol. The Hall–Kier alpha value is -3.32. The zero-order valence-corrected chi connectivity index (χ0v) is 23.9. The minimum Gasteiger partial charge on any atom is -0.494 e. The number of fused-ring (bicyclic) bond motifs is 1. The quantitative estimate of drug-likeness (QED) is 0.204. The summed E-state index contributed by atoms with van der Waals surface area (Å²) in [5, 5.41) is 1.17. The van der Waals surface area contributed by atoms with E-state index in [9.17, 15) is 9.59 Å². The van der Waals surface area contributed by atoms with Crippen LogP contribution in [-0.2, 0) is 27.3 Å². The normalized spacial score (nSPS) is 11.1. The van der Waals surface area contributed by atoms with E-state index in [0.717, 1.165) is 42.5 Å². The van der Waals surface area contributed by atoms with Gasteiger partial charge < -0.3 is 24.3 Å². The van der Waals surface area contributed by atoms with E-state index >= 15 is 0 Å². The molecular formula is C32H45N3O4. The number of H-pyrrole nitrogens is 1. The predicted octanol–water partition coefficient (Wildman–Crippen LogP) is 5.97. The van der Waals surface area contributed by atoms with Gasteiger partial charge in [0.05, 0.1) is 19.8 Å². The molecule has 1 aromatic heterocycles. The second kappa shape index (κ2) is 16.6. The topological polar surface area (TPSA) is 74.9 Å². The minimum atomic E-state index is -0.0563. The van der Waals surface area contributed by atoms with Gasteiger partial charge in [-0.3, -0.25) is 9.59 Å². The van der Waals surface area contributed by atoms with Crippen LogP contribution in [0, 0.1) is 0 Å². The molecule has 0 aliphatic rings. The van der Waals surface area contributed by atoms with Crippen LogP contribution in [0.1, 0.15) is 63.5 Å². The summed E-state index contributed by atoms with van der Waals surface area (Å²) in [4.78, 5) is 33.6. The van der Waals surface area contributed by atoms with Crippen LogP contribution in [0.2, 0.25) is 0 Å². The number of hydrogen-bond donors (Lipinski definition) is 1. The summed E-state index contributed by atoms with van der Waals surface area (Å²) in [5.74, 6) is 0.780. The number of aromatic nitrogens is 1. The summed E-state index contributed by atoms with van der Waals surface area (Å²) >= 11 is 0. The molecule has 39 heavy (non-hydrogen) atoms. The van der Waals surface area contributed by atoms with E-state index < -0.39 is 0 Å². The van der Waals surface area contributed by atoms with Gasteiger partial charge in [0.15, 0.2) is 0 Å². The van der Waals surface area contributed by atoms with Gasteiger partial charge in [-0.1, -0.05) is 62.9 Å². The Bertz CT molecular complexity index is 1140. The molecule has 0 saturated heterocycles. The maximum atomic E-state index is 13.7. The van der Waals surface area contributed by atoms with Gasteiger partial charge >= 0.3 is 0 Å². The molecule has 0 aliphatic heterocycles. The van der Waals surface area contributed by atoms with Crippen molar-refractivity contribution in [2.45, 2.75) is 65.3 Å². The summed E-state index contributed by atoms with van der Waals surface area (Å²) in [6, 6.07) is 16.1. The lowest BCUT2D eigenvalue weighted by atomic mass is 10.1. The van der Waals surface area contributed by atoms with Crippen LogP contribution in [0.25, 0.3) is 10.9 Å². The lowest BCUT2D eigenvalue weighted by Crippen LogP contribution is -2.44. The number of rotatable bonds is 18. The van der Waals surface area contributed by atoms with Gasteiger partial charge in [-0.2, -0.15) is 0 Å². The molecule has 0 radical (unpaired) electrons. The van der Waals surface area contributed by atoms with E-state index in [1.54, 1.807) is 12.0 Å². The van der Waals surface area contributed by atoms with Crippen molar-refractivity contribution < 1.29 is 19.1 Å². The highest BCUT2D eigenvalue weighted by atomic mass is 16.5. The molecule has 2 amide bonds. The zero-order chi connectivity index (χ0) is 27.9. The minimum absolute atomic E-state index is 0.0227. The molecule has 7 nitrogen and oxygen atoms in total. The summed E-state index contributed by atoms with van der Waals surface area (Å²) in [7, 11) is 1.62. The van der Waals surface area contributed by atoms with Gasteiger partial charge in [0.1, 0.15) is 5.75 Å². The summed E-state index contributed by atoms with van der Waals surface area (Å²) in [6.45, 7) is 6.65. The maximum Gasteiger partial charge on any atom is 0.242 e. The van der Waals surface area contributed by atoms with E-state index in [2.05, 4.69) is 24.0 Å². The van der Waals surface area contributed by atoms with Crippen LogP contribution in [0.3, 0.4) is 0 Å². The van der Waals surface area contributed by atoms with Crippen LogP contribution in [0.15, 0.2) is 54.7 Å². The number of ether oxygens (including phenoxy) is 2. The highest BCUT2D eigenvalue weighted by molar-refractivity contribution is 5.85. The average molecular weight is 536 g/mol. The molecule has 0 fully saturated rings. The van der Waals surface area contributed by atoms with E-state index in [4.69, 9.17) is 9.47 Å². The van der Waals surface area contributed by atoms with Gasteiger partial charge in [0.2, 0.25) is 11.8 Å². The molecule has 212 valence electrons. The maximum absolute atomic E-state index is 13.7. The van der Waals surface area contributed by atoms with Crippen molar-refractivity contribution in [3.63, 3.8) is 0 Å². The Balaban J connectivity index is 1.71. The van der Waals surface area contributed by atoms with Crippen LogP contribution in [0.5, 0.6) is 5.75 Å². The van der Waals surface area contributed by atoms with E-state index in [-0.39, 0.29) is 18.4 Å². The van der Waals surface area contributed by atoms with Crippen molar-refractivity contribution >= 4 is 22.7 Å². The van der Waals surface area contributed by atoms with Crippen molar-refractivity contribution in [2.75, 3.05) is 40.0 Å². The average Bonchev–Trinajstić information content (AvgIpc) is 3.37. The Morgan fingerprint density at radius 2 is 1.64 bits per heavy atom. The molecule has 1 heterocycles. The van der Waals surface area contributed by atoms with Gasteiger partial charge in [0.25, 0.3) is 0 Å². The Kier molecular flexibility index (Phi) is 12.9. The van der Waals surface area contributed by atoms with E-state index in [1.165, 1.54) is 23.8 Å². The van der Waals surface area contributed by atoms with E-state index in [0.29, 0.717) is 39.3 Å². The third-order valence-electron chi connectivity index (χ3n) is 7.02. The summed E-state index contributed by atoms with van der Waals surface area (Å²) in [6.07, 6.45) is 8.61. The van der Waals surface area contributed by atoms with Crippen LogP contribution in [0.4, 0.5) is 0 Å². The second-order valence-corrected chi connectivity index (χ2v) is 9.97. The molecule has 0 atom stereocenters. The first kappa shape index (κ1) is 30.2. The molecule has 0 bridgehead atoms. The number of para-hydroxylation sites is 1. The molecule has 7 heteroatoms. The fourth-order valence-electron chi connectivity index (χ4n) is 4.76. The number of amides is 2. The molecule has 0 aliphatic carbocycles. The van der Waals surface area contributed by atoms with Gasteiger partial charge in [-0.05, 0) is 49.1 Å². The van der Waals surface area contributed by atoms with Gasteiger partial charge in [-0.15, -0.1) is 0 Å². The lowest BCUT2D eigenvalue weighted by molar-refractivity contribution is -0.141. The molecule has 0 saturated carbocycles. The Morgan fingerprint density at radius 3 is 2.38 bits per heavy atom. The van der Waals surface area contributed by atoms with Crippen LogP contribution in [-0.4, -0.2) is 66.6 Å². The van der Waals surface area contributed by atoms with E-state index in [1.807, 2.05) is 54.4 Å². The Labute approximate surface area is 233 Å². The predicted molar refractivity (Wildman–Crippen MR) is 157 cm³/mol. The molecule has 0 spiro atoms. The zero-order valence-electron chi connectivity index (χ0n) is 23.9. The number of nitrogens with zero attached hydrogens (tertiary/aromatic N) is 2. The third kappa shape index (κ3) is 9.74. The highest BCUT2D eigenvalue weighted by Gasteiger charge is 2.22. The second-order valence-electron chi connectivity index (χ2n) is 9.97. The third-order valence-corrected chi connectivity index (χ3v) is 7.02.